The van der Waals surface area contributed by atoms with Gasteiger partial charge in [-0.2, -0.15) is 13.2 Å². The van der Waals surface area contributed by atoms with Crippen molar-refractivity contribution in [3.05, 3.63) is 0 Å². The SMILES string of the molecule is CC(C)(C)N1CCC(COCCC(C)(C)N2CCC(C(O)C(F)(F)F)CC2)CC1. The van der Waals surface area contributed by atoms with E-state index in [9.17, 15) is 18.3 Å². The van der Waals surface area contributed by atoms with Crippen LogP contribution in [0.1, 0.15) is 66.7 Å². The Bertz CT molecular complexity index is 489. The molecule has 7 heteroatoms. The van der Waals surface area contributed by atoms with Gasteiger partial charge in [-0.05, 0) is 105 Å². The van der Waals surface area contributed by atoms with Crippen molar-refractivity contribution in [3.63, 3.8) is 0 Å². The molecule has 1 unspecified atom stereocenters. The van der Waals surface area contributed by atoms with Gasteiger partial charge in [-0.3, -0.25) is 9.80 Å². The van der Waals surface area contributed by atoms with E-state index in [-0.39, 0.29) is 11.1 Å². The first kappa shape index (κ1) is 24.9. The predicted octanol–water partition coefficient (Wildman–Crippen LogP) is 4.32. The lowest BCUT2D eigenvalue weighted by Crippen LogP contribution is -2.51. The summed E-state index contributed by atoms with van der Waals surface area (Å²) in [5, 5.41) is 9.49. The number of hydrogen-bond donors (Lipinski definition) is 1. The molecule has 29 heavy (non-hydrogen) atoms. The van der Waals surface area contributed by atoms with Crippen LogP contribution in [0.2, 0.25) is 0 Å². The molecule has 2 aliphatic heterocycles. The maximum absolute atomic E-state index is 12.7. The van der Waals surface area contributed by atoms with Gasteiger partial charge in [-0.15, -0.1) is 0 Å². The maximum atomic E-state index is 12.7. The number of piperidine rings is 2. The molecule has 2 rings (SSSR count). The summed E-state index contributed by atoms with van der Waals surface area (Å²) in [6.07, 6.45) is -2.72. The van der Waals surface area contributed by atoms with Crippen molar-refractivity contribution in [1.29, 1.82) is 0 Å². The van der Waals surface area contributed by atoms with Crippen LogP contribution in [0.15, 0.2) is 0 Å². The largest absolute Gasteiger partial charge is 0.414 e. The number of ether oxygens (including phenoxy) is 1. The third kappa shape index (κ3) is 7.37. The van der Waals surface area contributed by atoms with E-state index in [1.54, 1.807) is 0 Å². The molecule has 0 aromatic carbocycles. The summed E-state index contributed by atoms with van der Waals surface area (Å²) < 4.78 is 44.2. The van der Waals surface area contributed by atoms with E-state index < -0.39 is 18.2 Å². The molecule has 2 fully saturated rings. The predicted molar refractivity (Wildman–Crippen MR) is 110 cm³/mol. The molecule has 172 valence electrons. The molecule has 0 aliphatic carbocycles. The van der Waals surface area contributed by atoms with Gasteiger partial charge in [0.1, 0.15) is 0 Å². The Hall–Kier alpha value is -0.370. The monoisotopic (exact) mass is 422 g/mol. The highest BCUT2D eigenvalue weighted by molar-refractivity contribution is 4.88. The molecule has 0 bridgehead atoms. The van der Waals surface area contributed by atoms with Gasteiger partial charge in [-0.1, -0.05) is 0 Å². The number of aliphatic hydroxyl groups excluding tert-OH is 1. The van der Waals surface area contributed by atoms with Crippen LogP contribution in [0.3, 0.4) is 0 Å². The van der Waals surface area contributed by atoms with Crippen LogP contribution >= 0.6 is 0 Å². The van der Waals surface area contributed by atoms with Gasteiger partial charge in [0.2, 0.25) is 0 Å². The summed E-state index contributed by atoms with van der Waals surface area (Å²) in [4.78, 5) is 4.78. The minimum Gasteiger partial charge on any atom is -0.383 e. The number of aliphatic hydroxyl groups is 1. The zero-order chi connectivity index (χ0) is 21.9. The summed E-state index contributed by atoms with van der Waals surface area (Å²) in [5.41, 5.74) is 0.128. The van der Waals surface area contributed by atoms with Gasteiger partial charge in [0.25, 0.3) is 0 Å². The lowest BCUT2D eigenvalue weighted by atomic mass is 9.87. The average Bonchev–Trinajstić information content (AvgIpc) is 2.64. The standard InChI is InChI=1S/C22H41F3N2O2/c1-20(2,3)26-11-6-17(7-12-26)16-29-15-10-21(4,5)27-13-8-18(9-14-27)19(28)22(23,24)25/h17-19,28H,6-16H2,1-5H3. The van der Waals surface area contributed by atoms with Crippen molar-refractivity contribution in [1.82, 2.24) is 9.80 Å². The van der Waals surface area contributed by atoms with Crippen molar-refractivity contribution < 1.29 is 23.0 Å². The fourth-order valence-corrected chi connectivity index (χ4v) is 4.59. The highest BCUT2D eigenvalue weighted by atomic mass is 19.4. The van der Waals surface area contributed by atoms with Gasteiger partial charge in [0.15, 0.2) is 6.10 Å². The van der Waals surface area contributed by atoms with Crippen LogP contribution in [0.25, 0.3) is 0 Å². The van der Waals surface area contributed by atoms with Gasteiger partial charge in [0, 0.05) is 24.3 Å². The van der Waals surface area contributed by atoms with Crippen molar-refractivity contribution in [3.8, 4) is 0 Å². The lowest BCUT2D eigenvalue weighted by Gasteiger charge is -2.44. The molecular formula is C22H41F3N2O2. The van der Waals surface area contributed by atoms with Crippen molar-refractivity contribution >= 4 is 0 Å². The maximum Gasteiger partial charge on any atom is 0.414 e. The Morgan fingerprint density at radius 3 is 1.90 bits per heavy atom. The van der Waals surface area contributed by atoms with Crippen LogP contribution in [-0.4, -0.2) is 77.7 Å². The molecule has 2 heterocycles. The Labute approximate surface area is 174 Å². The number of halogens is 3. The van der Waals surface area contributed by atoms with Gasteiger partial charge in [-0.25, -0.2) is 0 Å². The molecule has 0 aromatic rings. The molecular weight excluding hydrogens is 381 g/mol. The molecule has 0 radical (unpaired) electrons. The molecule has 0 saturated carbocycles. The van der Waals surface area contributed by atoms with Crippen molar-refractivity contribution in [2.24, 2.45) is 11.8 Å². The van der Waals surface area contributed by atoms with Gasteiger partial charge < -0.3 is 9.84 Å². The first-order chi connectivity index (χ1) is 13.3. The third-order valence-electron chi connectivity index (χ3n) is 6.95. The van der Waals surface area contributed by atoms with E-state index in [2.05, 4.69) is 44.4 Å². The van der Waals surface area contributed by atoms with E-state index in [0.717, 1.165) is 26.1 Å². The summed E-state index contributed by atoms with van der Waals surface area (Å²) in [7, 11) is 0. The summed E-state index contributed by atoms with van der Waals surface area (Å²) in [6.45, 7) is 16.0. The van der Waals surface area contributed by atoms with E-state index in [0.29, 0.717) is 38.5 Å². The number of likely N-dealkylation sites (tertiary alicyclic amines) is 2. The number of alkyl halides is 3. The van der Waals surface area contributed by atoms with Crippen LogP contribution < -0.4 is 0 Å². The van der Waals surface area contributed by atoms with Crippen LogP contribution in [0.5, 0.6) is 0 Å². The van der Waals surface area contributed by atoms with Crippen molar-refractivity contribution in [2.45, 2.75) is 90.1 Å². The summed E-state index contributed by atoms with van der Waals surface area (Å²) in [6, 6.07) is 0. The molecule has 1 atom stereocenters. The van der Waals surface area contributed by atoms with Gasteiger partial charge in [0.05, 0.1) is 0 Å². The second-order valence-electron chi connectivity index (χ2n) is 10.5. The Morgan fingerprint density at radius 1 is 0.897 bits per heavy atom. The Kier molecular flexibility index (Phi) is 8.44. The number of hydrogen-bond acceptors (Lipinski definition) is 4. The highest BCUT2D eigenvalue weighted by Gasteiger charge is 2.45. The van der Waals surface area contributed by atoms with Crippen LogP contribution in [0, 0.1) is 11.8 Å². The first-order valence-corrected chi connectivity index (χ1v) is 11.1. The lowest BCUT2D eigenvalue weighted by molar-refractivity contribution is -0.223. The molecule has 2 saturated heterocycles. The number of nitrogens with zero attached hydrogens (tertiary/aromatic N) is 2. The fourth-order valence-electron chi connectivity index (χ4n) is 4.59. The third-order valence-corrected chi connectivity index (χ3v) is 6.95. The molecule has 1 N–H and O–H groups in total. The minimum atomic E-state index is -4.51. The normalized spacial score (nSPS) is 23.5. The van der Waals surface area contributed by atoms with Crippen molar-refractivity contribution in [2.75, 3.05) is 39.4 Å². The molecule has 0 amide bonds. The first-order valence-electron chi connectivity index (χ1n) is 11.1. The van der Waals surface area contributed by atoms with E-state index in [1.165, 1.54) is 12.8 Å². The van der Waals surface area contributed by atoms with Crippen LogP contribution in [0.4, 0.5) is 13.2 Å². The van der Waals surface area contributed by atoms with E-state index in [4.69, 9.17) is 4.74 Å². The molecule has 0 spiro atoms. The second kappa shape index (κ2) is 9.84. The quantitative estimate of drug-likeness (QED) is 0.620. The zero-order valence-electron chi connectivity index (χ0n) is 18.9. The second-order valence-corrected chi connectivity index (χ2v) is 10.5. The molecule has 2 aliphatic rings. The topological polar surface area (TPSA) is 35.9 Å². The fraction of sp³-hybridized carbons (Fsp3) is 1.00. The van der Waals surface area contributed by atoms with E-state index >= 15 is 0 Å². The summed E-state index contributed by atoms with van der Waals surface area (Å²) in [5.74, 6) is -0.0615. The molecule has 0 aromatic heterocycles. The minimum absolute atomic E-state index is 0.107. The molecule has 4 nitrogen and oxygen atoms in total. The smallest absolute Gasteiger partial charge is 0.383 e. The van der Waals surface area contributed by atoms with Gasteiger partial charge >= 0.3 is 6.18 Å². The van der Waals surface area contributed by atoms with E-state index in [1.807, 2.05) is 0 Å². The Balaban J connectivity index is 1.65. The Morgan fingerprint density at radius 2 is 1.41 bits per heavy atom. The van der Waals surface area contributed by atoms with Crippen LogP contribution in [-0.2, 0) is 4.74 Å². The number of rotatable bonds is 7. The zero-order valence-corrected chi connectivity index (χ0v) is 18.9. The summed E-state index contributed by atoms with van der Waals surface area (Å²) >= 11 is 0. The highest BCUT2D eigenvalue weighted by Crippen LogP contribution is 2.34. The average molecular weight is 423 g/mol.